The SMILES string of the molecule is CCC1(CNC(=O)NC(C(=O)O)C(C)C)CCC1. The van der Waals surface area contributed by atoms with Gasteiger partial charge >= 0.3 is 12.0 Å². The van der Waals surface area contributed by atoms with Gasteiger partial charge in [-0.05, 0) is 30.6 Å². The maximum Gasteiger partial charge on any atom is 0.326 e. The molecule has 0 saturated heterocycles. The molecule has 1 unspecified atom stereocenters. The van der Waals surface area contributed by atoms with Gasteiger partial charge in [-0.25, -0.2) is 9.59 Å². The molecular weight excluding hydrogens is 232 g/mol. The maximum atomic E-state index is 11.7. The third-order valence-electron chi connectivity index (χ3n) is 4.01. The zero-order chi connectivity index (χ0) is 13.8. The second kappa shape index (κ2) is 6.07. The predicted molar refractivity (Wildman–Crippen MR) is 69.4 cm³/mol. The van der Waals surface area contributed by atoms with Gasteiger partial charge in [0.15, 0.2) is 0 Å². The van der Waals surface area contributed by atoms with Crippen molar-refractivity contribution in [1.82, 2.24) is 10.6 Å². The Hall–Kier alpha value is -1.26. The lowest BCUT2D eigenvalue weighted by Gasteiger charge is -2.41. The molecule has 0 heterocycles. The minimum Gasteiger partial charge on any atom is -0.480 e. The van der Waals surface area contributed by atoms with Crippen LogP contribution in [-0.4, -0.2) is 29.7 Å². The summed E-state index contributed by atoms with van der Waals surface area (Å²) in [4.78, 5) is 22.6. The molecule has 0 spiro atoms. The van der Waals surface area contributed by atoms with Gasteiger partial charge in [-0.15, -0.1) is 0 Å². The second-order valence-corrected chi connectivity index (χ2v) is 5.59. The average Bonchev–Trinajstić information content (AvgIpc) is 2.24. The minimum absolute atomic E-state index is 0.128. The number of nitrogens with one attached hydrogen (secondary N) is 2. The normalized spacial score (nSPS) is 18.9. The van der Waals surface area contributed by atoms with E-state index in [2.05, 4.69) is 17.6 Å². The Balaban J connectivity index is 2.39. The van der Waals surface area contributed by atoms with Gasteiger partial charge in [0.2, 0.25) is 0 Å². The average molecular weight is 256 g/mol. The number of carboxylic acid groups (broad SMARTS) is 1. The number of carboxylic acids is 1. The van der Waals surface area contributed by atoms with E-state index in [0.717, 1.165) is 19.3 Å². The molecule has 3 N–H and O–H groups in total. The molecule has 5 heteroatoms. The van der Waals surface area contributed by atoms with Crippen molar-refractivity contribution >= 4 is 12.0 Å². The van der Waals surface area contributed by atoms with Crippen molar-refractivity contribution in [2.24, 2.45) is 11.3 Å². The fraction of sp³-hybridized carbons (Fsp3) is 0.846. The van der Waals surface area contributed by atoms with Gasteiger partial charge in [-0.3, -0.25) is 0 Å². The summed E-state index contributed by atoms with van der Waals surface area (Å²) in [6.45, 7) is 6.32. The molecule has 2 amide bonds. The first-order chi connectivity index (χ1) is 8.40. The Morgan fingerprint density at radius 1 is 1.33 bits per heavy atom. The van der Waals surface area contributed by atoms with Crippen molar-refractivity contribution in [1.29, 1.82) is 0 Å². The van der Waals surface area contributed by atoms with Crippen LogP contribution in [0, 0.1) is 11.3 Å². The third kappa shape index (κ3) is 3.62. The highest BCUT2D eigenvalue weighted by molar-refractivity contribution is 5.82. The van der Waals surface area contributed by atoms with Gasteiger partial charge < -0.3 is 15.7 Å². The van der Waals surface area contributed by atoms with E-state index >= 15 is 0 Å². The number of urea groups is 1. The molecule has 1 saturated carbocycles. The van der Waals surface area contributed by atoms with Crippen LogP contribution in [0.5, 0.6) is 0 Å². The van der Waals surface area contributed by atoms with Crippen LogP contribution in [0.15, 0.2) is 0 Å². The van der Waals surface area contributed by atoms with Crippen molar-refractivity contribution in [3.05, 3.63) is 0 Å². The lowest BCUT2D eigenvalue weighted by molar-refractivity contribution is -0.140. The molecule has 0 aliphatic heterocycles. The third-order valence-corrected chi connectivity index (χ3v) is 4.01. The number of rotatable bonds is 6. The van der Waals surface area contributed by atoms with Crippen LogP contribution < -0.4 is 10.6 Å². The van der Waals surface area contributed by atoms with Crippen LogP contribution in [0.2, 0.25) is 0 Å². The van der Waals surface area contributed by atoms with E-state index in [1.54, 1.807) is 13.8 Å². The first-order valence-electron chi connectivity index (χ1n) is 6.67. The topological polar surface area (TPSA) is 78.4 Å². The lowest BCUT2D eigenvalue weighted by atomic mass is 9.67. The standard InChI is InChI=1S/C13H24N2O3/c1-4-13(6-5-7-13)8-14-12(18)15-10(9(2)3)11(16)17/h9-10H,4-8H2,1-3H3,(H,16,17)(H2,14,15,18). The van der Waals surface area contributed by atoms with Gasteiger partial charge in [0.1, 0.15) is 6.04 Å². The van der Waals surface area contributed by atoms with E-state index in [9.17, 15) is 9.59 Å². The van der Waals surface area contributed by atoms with Crippen LogP contribution >= 0.6 is 0 Å². The fourth-order valence-electron chi connectivity index (χ4n) is 2.31. The fourth-order valence-corrected chi connectivity index (χ4v) is 2.31. The van der Waals surface area contributed by atoms with Crippen LogP contribution in [0.1, 0.15) is 46.5 Å². The molecule has 1 aliphatic carbocycles. The molecule has 1 aliphatic rings. The number of carbonyl (C=O) groups is 2. The van der Waals surface area contributed by atoms with Crippen LogP contribution in [0.25, 0.3) is 0 Å². The molecule has 0 radical (unpaired) electrons. The minimum atomic E-state index is -0.992. The van der Waals surface area contributed by atoms with Crippen molar-refractivity contribution in [3.63, 3.8) is 0 Å². The Kier molecular flexibility index (Phi) is 4.99. The smallest absolute Gasteiger partial charge is 0.326 e. The molecule has 0 aromatic heterocycles. The summed E-state index contributed by atoms with van der Waals surface area (Å²) in [5, 5.41) is 14.3. The van der Waals surface area contributed by atoms with E-state index in [-0.39, 0.29) is 17.4 Å². The molecule has 0 aromatic rings. The number of amides is 2. The second-order valence-electron chi connectivity index (χ2n) is 5.59. The van der Waals surface area contributed by atoms with Crippen molar-refractivity contribution < 1.29 is 14.7 Å². The van der Waals surface area contributed by atoms with E-state index in [1.165, 1.54) is 6.42 Å². The quantitative estimate of drug-likeness (QED) is 0.680. The molecular formula is C13H24N2O3. The van der Waals surface area contributed by atoms with Gasteiger partial charge in [-0.1, -0.05) is 27.2 Å². The molecule has 104 valence electrons. The maximum absolute atomic E-state index is 11.7. The zero-order valence-corrected chi connectivity index (χ0v) is 11.5. The first-order valence-corrected chi connectivity index (χ1v) is 6.67. The van der Waals surface area contributed by atoms with Crippen molar-refractivity contribution in [3.8, 4) is 0 Å². The molecule has 0 aromatic carbocycles. The Bertz CT molecular complexity index is 306. The van der Waals surface area contributed by atoms with Crippen molar-refractivity contribution in [2.75, 3.05) is 6.54 Å². The lowest BCUT2D eigenvalue weighted by Crippen LogP contribution is -2.51. The van der Waals surface area contributed by atoms with Gasteiger partial charge in [-0.2, -0.15) is 0 Å². The summed E-state index contributed by atoms with van der Waals surface area (Å²) >= 11 is 0. The summed E-state index contributed by atoms with van der Waals surface area (Å²) in [6, 6.07) is -1.21. The Labute approximate surface area is 108 Å². The van der Waals surface area contributed by atoms with E-state index in [1.807, 2.05) is 0 Å². The molecule has 1 rings (SSSR count). The summed E-state index contributed by atoms with van der Waals surface area (Å²) in [5.74, 6) is -1.12. The summed E-state index contributed by atoms with van der Waals surface area (Å²) in [5.41, 5.74) is 0.244. The summed E-state index contributed by atoms with van der Waals surface area (Å²) in [6.07, 6.45) is 4.58. The highest BCUT2D eigenvalue weighted by Gasteiger charge is 2.35. The largest absolute Gasteiger partial charge is 0.480 e. The Morgan fingerprint density at radius 3 is 2.28 bits per heavy atom. The molecule has 1 fully saturated rings. The van der Waals surface area contributed by atoms with Gasteiger partial charge in [0.05, 0.1) is 0 Å². The monoisotopic (exact) mass is 256 g/mol. The highest BCUT2D eigenvalue weighted by Crippen LogP contribution is 2.42. The molecule has 0 bridgehead atoms. The number of carbonyl (C=O) groups excluding carboxylic acids is 1. The van der Waals surface area contributed by atoms with Gasteiger partial charge in [0, 0.05) is 6.54 Å². The summed E-state index contributed by atoms with van der Waals surface area (Å²) < 4.78 is 0. The number of hydrogen-bond donors (Lipinski definition) is 3. The van der Waals surface area contributed by atoms with E-state index in [4.69, 9.17) is 5.11 Å². The first kappa shape index (κ1) is 14.8. The molecule has 5 nitrogen and oxygen atoms in total. The van der Waals surface area contributed by atoms with Crippen LogP contribution in [0.3, 0.4) is 0 Å². The van der Waals surface area contributed by atoms with Crippen LogP contribution in [-0.2, 0) is 4.79 Å². The molecule has 1 atom stereocenters. The van der Waals surface area contributed by atoms with Crippen molar-refractivity contribution in [2.45, 2.75) is 52.5 Å². The van der Waals surface area contributed by atoms with Crippen LogP contribution in [0.4, 0.5) is 4.79 Å². The zero-order valence-electron chi connectivity index (χ0n) is 11.5. The highest BCUT2D eigenvalue weighted by atomic mass is 16.4. The van der Waals surface area contributed by atoms with E-state index in [0.29, 0.717) is 6.54 Å². The van der Waals surface area contributed by atoms with E-state index < -0.39 is 12.0 Å². The predicted octanol–water partition coefficient (Wildman–Crippen LogP) is 1.98. The number of aliphatic carboxylic acids is 1. The number of hydrogen-bond acceptors (Lipinski definition) is 2. The Morgan fingerprint density at radius 2 is 1.94 bits per heavy atom. The molecule has 18 heavy (non-hydrogen) atoms. The van der Waals surface area contributed by atoms with Gasteiger partial charge in [0.25, 0.3) is 0 Å². The summed E-state index contributed by atoms with van der Waals surface area (Å²) in [7, 11) is 0.